The zero-order chi connectivity index (χ0) is 11.4. The van der Waals surface area contributed by atoms with Crippen LogP contribution in [-0.4, -0.2) is 6.54 Å². The first-order valence-electron chi connectivity index (χ1n) is 5.29. The number of aryl methyl sites for hydroxylation is 1. The van der Waals surface area contributed by atoms with Crippen molar-refractivity contribution in [3.63, 3.8) is 0 Å². The van der Waals surface area contributed by atoms with Gasteiger partial charge in [0, 0.05) is 11.4 Å². The van der Waals surface area contributed by atoms with E-state index < -0.39 is 0 Å². The Morgan fingerprint density at radius 1 is 1.25 bits per heavy atom. The van der Waals surface area contributed by atoms with Crippen LogP contribution in [-0.2, 0) is 6.42 Å². The van der Waals surface area contributed by atoms with Gasteiger partial charge in [0.15, 0.2) is 0 Å². The lowest BCUT2D eigenvalue weighted by Crippen LogP contribution is -2.05. The van der Waals surface area contributed by atoms with Crippen molar-refractivity contribution in [1.82, 2.24) is 0 Å². The van der Waals surface area contributed by atoms with E-state index in [4.69, 9.17) is 11.6 Å². The maximum absolute atomic E-state index is 6.13. The summed E-state index contributed by atoms with van der Waals surface area (Å²) in [5.41, 5.74) is 2.25. The van der Waals surface area contributed by atoms with Crippen LogP contribution in [0.1, 0.15) is 10.4 Å². The molecule has 0 aliphatic rings. The summed E-state index contributed by atoms with van der Waals surface area (Å²) in [4.78, 5) is 1.40. The third-order valence-electron chi connectivity index (χ3n) is 2.48. The number of nitrogens with one attached hydrogen (secondary N) is 1. The van der Waals surface area contributed by atoms with Crippen LogP contribution in [0.15, 0.2) is 35.7 Å². The Morgan fingerprint density at radius 3 is 2.81 bits per heavy atom. The van der Waals surface area contributed by atoms with Crippen molar-refractivity contribution in [3.8, 4) is 0 Å². The summed E-state index contributed by atoms with van der Waals surface area (Å²) in [6.45, 7) is 2.99. The maximum atomic E-state index is 6.13. The largest absolute Gasteiger partial charge is 0.383 e. The fraction of sp³-hybridized carbons (Fsp3) is 0.231. The van der Waals surface area contributed by atoms with Crippen molar-refractivity contribution in [1.29, 1.82) is 0 Å². The average molecular weight is 252 g/mol. The van der Waals surface area contributed by atoms with Gasteiger partial charge in [0.1, 0.15) is 0 Å². The predicted octanol–water partition coefficient (Wildman–Crippen LogP) is 4.36. The fourth-order valence-corrected chi connectivity index (χ4v) is 2.62. The average Bonchev–Trinajstić information content (AvgIpc) is 2.75. The first-order valence-corrected chi connectivity index (χ1v) is 6.54. The van der Waals surface area contributed by atoms with E-state index >= 15 is 0 Å². The summed E-state index contributed by atoms with van der Waals surface area (Å²) in [7, 11) is 0. The van der Waals surface area contributed by atoms with Crippen molar-refractivity contribution in [3.05, 3.63) is 51.2 Å². The van der Waals surface area contributed by atoms with Crippen molar-refractivity contribution < 1.29 is 0 Å². The Bertz CT molecular complexity index is 431. The third kappa shape index (κ3) is 2.77. The Morgan fingerprint density at radius 2 is 2.12 bits per heavy atom. The van der Waals surface area contributed by atoms with Gasteiger partial charge in [-0.05, 0) is 36.4 Å². The van der Waals surface area contributed by atoms with Crippen LogP contribution in [0, 0.1) is 6.92 Å². The molecule has 0 fully saturated rings. The summed E-state index contributed by atoms with van der Waals surface area (Å²) in [5.74, 6) is 0. The normalized spacial score (nSPS) is 10.4. The molecule has 2 rings (SSSR count). The number of thiophene rings is 1. The van der Waals surface area contributed by atoms with Gasteiger partial charge in [-0.2, -0.15) is 0 Å². The van der Waals surface area contributed by atoms with E-state index in [2.05, 4.69) is 35.8 Å². The molecule has 0 bridgehead atoms. The minimum atomic E-state index is 0.797. The molecule has 0 aliphatic heterocycles. The standard InChI is InChI=1S/C13H14ClNS/c1-10-4-2-6-12(14)13(10)15-8-7-11-5-3-9-16-11/h2-6,9,15H,7-8H2,1H3. The zero-order valence-corrected chi connectivity index (χ0v) is 10.7. The zero-order valence-electron chi connectivity index (χ0n) is 9.16. The molecule has 0 spiro atoms. The smallest absolute Gasteiger partial charge is 0.0640 e. The molecule has 0 saturated carbocycles. The first kappa shape index (κ1) is 11.5. The molecule has 0 radical (unpaired) electrons. The minimum Gasteiger partial charge on any atom is -0.383 e. The first-order chi connectivity index (χ1) is 7.77. The number of hydrogen-bond acceptors (Lipinski definition) is 2. The van der Waals surface area contributed by atoms with Crippen molar-refractivity contribution in [2.45, 2.75) is 13.3 Å². The van der Waals surface area contributed by atoms with Gasteiger partial charge in [0.25, 0.3) is 0 Å². The number of para-hydroxylation sites is 1. The summed E-state index contributed by atoms with van der Waals surface area (Å²) in [6, 6.07) is 10.2. The van der Waals surface area contributed by atoms with E-state index in [1.54, 1.807) is 11.3 Å². The van der Waals surface area contributed by atoms with E-state index in [1.165, 1.54) is 10.4 Å². The van der Waals surface area contributed by atoms with Gasteiger partial charge in [0.05, 0.1) is 10.7 Å². The van der Waals surface area contributed by atoms with Gasteiger partial charge in [-0.25, -0.2) is 0 Å². The van der Waals surface area contributed by atoms with E-state index in [1.807, 2.05) is 12.1 Å². The second-order valence-corrected chi connectivity index (χ2v) is 5.13. The molecular formula is C13H14ClNS. The van der Waals surface area contributed by atoms with Crippen LogP contribution in [0.4, 0.5) is 5.69 Å². The molecule has 1 nitrogen and oxygen atoms in total. The highest BCUT2D eigenvalue weighted by atomic mass is 35.5. The minimum absolute atomic E-state index is 0.797. The summed E-state index contributed by atoms with van der Waals surface area (Å²) in [5, 5.41) is 6.30. The van der Waals surface area contributed by atoms with Gasteiger partial charge in [-0.3, -0.25) is 0 Å². The molecule has 1 N–H and O–H groups in total. The SMILES string of the molecule is Cc1cccc(Cl)c1NCCc1cccs1. The molecule has 0 amide bonds. The van der Waals surface area contributed by atoms with Gasteiger partial charge >= 0.3 is 0 Å². The van der Waals surface area contributed by atoms with E-state index in [9.17, 15) is 0 Å². The van der Waals surface area contributed by atoms with Crippen molar-refractivity contribution >= 4 is 28.6 Å². The second-order valence-electron chi connectivity index (χ2n) is 3.69. The number of halogens is 1. The highest BCUT2D eigenvalue weighted by Crippen LogP contribution is 2.25. The van der Waals surface area contributed by atoms with E-state index in [0.717, 1.165) is 23.7 Å². The van der Waals surface area contributed by atoms with Crippen LogP contribution < -0.4 is 5.32 Å². The van der Waals surface area contributed by atoms with Crippen LogP contribution in [0.25, 0.3) is 0 Å². The second kappa shape index (κ2) is 5.37. The van der Waals surface area contributed by atoms with Gasteiger partial charge < -0.3 is 5.32 Å². The summed E-state index contributed by atoms with van der Waals surface area (Å²) in [6.07, 6.45) is 1.04. The van der Waals surface area contributed by atoms with Crippen LogP contribution in [0.2, 0.25) is 5.02 Å². The highest BCUT2D eigenvalue weighted by Gasteiger charge is 2.02. The maximum Gasteiger partial charge on any atom is 0.0640 e. The lowest BCUT2D eigenvalue weighted by Gasteiger charge is -2.10. The molecule has 0 atom stereocenters. The van der Waals surface area contributed by atoms with Crippen molar-refractivity contribution in [2.75, 3.05) is 11.9 Å². The van der Waals surface area contributed by atoms with Crippen molar-refractivity contribution in [2.24, 2.45) is 0 Å². The van der Waals surface area contributed by atoms with Crippen LogP contribution in [0.3, 0.4) is 0 Å². The molecule has 0 unspecified atom stereocenters. The quantitative estimate of drug-likeness (QED) is 0.851. The predicted molar refractivity (Wildman–Crippen MR) is 72.7 cm³/mol. The van der Waals surface area contributed by atoms with Gasteiger partial charge in [-0.15, -0.1) is 11.3 Å². The number of hydrogen-bond donors (Lipinski definition) is 1. The molecule has 16 heavy (non-hydrogen) atoms. The lowest BCUT2D eigenvalue weighted by atomic mass is 10.2. The van der Waals surface area contributed by atoms with Gasteiger partial charge in [0.2, 0.25) is 0 Å². The summed E-state index contributed by atoms with van der Waals surface area (Å²) >= 11 is 7.92. The topological polar surface area (TPSA) is 12.0 Å². The van der Waals surface area contributed by atoms with Crippen LogP contribution in [0.5, 0.6) is 0 Å². The van der Waals surface area contributed by atoms with Gasteiger partial charge in [-0.1, -0.05) is 29.8 Å². The Hall–Kier alpha value is -0.990. The molecule has 1 heterocycles. The lowest BCUT2D eigenvalue weighted by molar-refractivity contribution is 1.04. The highest BCUT2D eigenvalue weighted by molar-refractivity contribution is 7.09. The molecule has 3 heteroatoms. The molecule has 0 aliphatic carbocycles. The molecule has 2 aromatic rings. The Labute approximate surface area is 105 Å². The number of benzene rings is 1. The molecule has 1 aromatic carbocycles. The Kier molecular flexibility index (Phi) is 3.86. The van der Waals surface area contributed by atoms with E-state index in [-0.39, 0.29) is 0 Å². The molecule has 1 aromatic heterocycles. The number of rotatable bonds is 4. The summed E-state index contributed by atoms with van der Waals surface area (Å²) < 4.78 is 0. The molecular weight excluding hydrogens is 238 g/mol. The third-order valence-corrected chi connectivity index (χ3v) is 3.73. The molecule has 84 valence electrons. The molecule has 0 saturated heterocycles. The Balaban J connectivity index is 1.95. The van der Waals surface area contributed by atoms with Crippen LogP contribution >= 0.6 is 22.9 Å². The van der Waals surface area contributed by atoms with E-state index in [0.29, 0.717) is 0 Å². The number of anilines is 1. The fourth-order valence-electron chi connectivity index (χ4n) is 1.62. The monoisotopic (exact) mass is 251 g/mol.